The molecule has 0 aliphatic rings. The van der Waals surface area contributed by atoms with Gasteiger partial charge in [-0.15, -0.1) is 0 Å². The Morgan fingerprint density at radius 1 is 1.15 bits per heavy atom. The first kappa shape index (κ1) is 14.5. The third kappa shape index (κ3) is 3.17. The van der Waals surface area contributed by atoms with E-state index in [1.54, 1.807) is 19.2 Å². The number of ether oxygens (including phenoxy) is 1. The summed E-state index contributed by atoms with van der Waals surface area (Å²) in [5, 5.41) is 0. The Balaban J connectivity index is 2.26. The van der Waals surface area contributed by atoms with Gasteiger partial charge in [-0.3, -0.25) is 0 Å². The molecule has 2 rings (SSSR count). The van der Waals surface area contributed by atoms with Crippen LogP contribution in [0.1, 0.15) is 18.1 Å². The molecule has 0 saturated heterocycles. The summed E-state index contributed by atoms with van der Waals surface area (Å²) in [4.78, 5) is 0. The molecule has 0 fully saturated rings. The smallest absolute Gasteiger partial charge is 0.123 e. The van der Waals surface area contributed by atoms with Crippen LogP contribution in [0.15, 0.2) is 48.5 Å². The molecule has 0 saturated carbocycles. The van der Waals surface area contributed by atoms with Crippen LogP contribution in [0.4, 0.5) is 4.39 Å². The van der Waals surface area contributed by atoms with E-state index < -0.39 is 0 Å². The molecule has 0 aliphatic heterocycles. The first-order valence-corrected chi connectivity index (χ1v) is 6.66. The number of methoxy groups -OCH3 is 1. The van der Waals surface area contributed by atoms with Gasteiger partial charge in [-0.25, -0.2) is 4.39 Å². The van der Waals surface area contributed by atoms with Crippen LogP contribution in [0.25, 0.3) is 0 Å². The second kappa shape index (κ2) is 6.06. The number of hydrogen-bond donors (Lipinski definition) is 1. The molecular weight excluding hydrogens is 253 g/mol. The van der Waals surface area contributed by atoms with Crippen LogP contribution in [-0.2, 0) is 11.8 Å². The van der Waals surface area contributed by atoms with E-state index in [9.17, 15) is 4.39 Å². The van der Waals surface area contributed by atoms with Gasteiger partial charge in [-0.1, -0.05) is 31.2 Å². The molecule has 2 aromatic carbocycles. The van der Waals surface area contributed by atoms with E-state index >= 15 is 0 Å². The predicted molar refractivity (Wildman–Crippen MR) is 79.5 cm³/mol. The highest BCUT2D eigenvalue weighted by molar-refractivity contribution is 5.32. The van der Waals surface area contributed by atoms with Crippen LogP contribution >= 0.6 is 0 Å². The highest BCUT2D eigenvalue weighted by atomic mass is 19.1. The maximum atomic E-state index is 13.4. The van der Waals surface area contributed by atoms with E-state index in [4.69, 9.17) is 10.5 Å². The summed E-state index contributed by atoms with van der Waals surface area (Å²) in [5.41, 5.74) is 7.75. The van der Waals surface area contributed by atoms with Crippen LogP contribution in [0.2, 0.25) is 0 Å². The summed E-state index contributed by atoms with van der Waals surface area (Å²) in [6.45, 7) is 2.52. The van der Waals surface area contributed by atoms with Crippen molar-refractivity contribution in [1.82, 2.24) is 0 Å². The lowest BCUT2D eigenvalue weighted by atomic mass is 9.77. The second-order valence-corrected chi connectivity index (χ2v) is 5.30. The number of nitrogens with two attached hydrogens (primary N) is 1. The van der Waals surface area contributed by atoms with Gasteiger partial charge in [0, 0.05) is 12.0 Å². The van der Waals surface area contributed by atoms with Crippen LogP contribution < -0.4 is 10.5 Å². The molecule has 3 heteroatoms. The van der Waals surface area contributed by atoms with E-state index in [2.05, 4.69) is 6.92 Å². The summed E-state index contributed by atoms with van der Waals surface area (Å²) >= 11 is 0. The molecule has 0 bridgehead atoms. The molecule has 20 heavy (non-hydrogen) atoms. The van der Waals surface area contributed by atoms with Crippen molar-refractivity contribution in [3.8, 4) is 5.75 Å². The minimum atomic E-state index is -0.281. The summed E-state index contributed by atoms with van der Waals surface area (Å²) in [6, 6.07) is 14.6. The molecule has 0 spiro atoms. The van der Waals surface area contributed by atoms with Gasteiger partial charge in [0.15, 0.2) is 0 Å². The average Bonchev–Trinajstić information content (AvgIpc) is 2.48. The molecule has 0 radical (unpaired) electrons. The summed E-state index contributed by atoms with van der Waals surface area (Å²) in [6.07, 6.45) is 0.761. The van der Waals surface area contributed by atoms with E-state index in [1.165, 1.54) is 6.07 Å². The molecule has 0 heterocycles. The second-order valence-electron chi connectivity index (χ2n) is 5.30. The summed E-state index contributed by atoms with van der Waals surface area (Å²) in [7, 11) is 1.64. The lowest BCUT2D eigenvalue weighted by Gasteiger charge is -2.29. The fourth-order valence-electron chi connectivity index (χ4n) is 2.35. The van der Waals surface area contributed by atoms with Crippen molar-refractivity contribution >= 4 is 0 Å². The van der Waals surface area contributed by atoms with Gasteiger partial charge in [0.1, 0.15) is 11.6 Å². The molecule has 0 amide bonds. The van der Waals surface area contributed by atoms with Crippen molar-refractivity contribution in [3.05, 3.63) is 65.5 Å². The highest BCUT2D eigenvalue weighted by Gasteiger charge is 2.25. The Morgan fingerprint density at radius 2 is 1.85 bits per heavy atom. The van der Waals surface area contributed by atoms with Crippen molar-refractivity contribution in [2.75, 3.05) is 13.7 Å². The fraction of sp³-hybridized carbons (Fsp3) is 0.294. The van der Waals surface area contributed by atoms with Crippen molar-refractivity contribution in [2.45, 2.75) is 18.8 Å². The Bertz CT molecular complexity index is 567. The van der Waals surface area contributed by atoms with Crippen LogP contribution in [0, 0.1) is 5.82 Å². The number of benzene rings is 2. The van der Waals surface area contributed by atoms with Crippen LogP contribution in [0.3, 0.4) is 0 Å². The fourth-order valence-corrected chi connectivity index (χ4v) is 2.35. The molecule has 2 nitrogen and oxygen atoms in total. The third-order valence-electron chi connectivity index (χ3n) is 3.73. The maximum absolute atomic E-state index is 13.4. The van der Waals surface area contributed by atoms with E-state index in [-0.39, 0.29) is 11.2 Å². The zero-order valence-corrected chi connectivity index (χ0v) is 11.9. The normalized spacial score (nSPS) is 13.8. The average molecular weight is 273 g/mol. The Labute approximate surface area is 119 Å². The highest BCUT2D eigenvalue weighted by Crippen LogP contribution is 2.28. The van der Waals surface area contributed by atoms with E-state index in [0.717, 1.165) is 23.3 Å². The zero-order valence-electron chi connectivity index (χ0n) is 11.9. The largest absolute Gasteiger partial charge is 0.497 e. The van der Waals surface area contributed by atoms with Gasteiger partial charge >= 0.3 is 0 Å². The molecule has 2 aromatic rings. The summed E-state index contributed by atoms with van der Waals surface area (Å²) in [5.74, 6) is 0.603. The van der Waals surface area contributed by atoms with Crippen molar-refractivity contribution < 1.29 is 9.13 Å². The monoisotopic (exact) mass is 273 g/mol. The topological polar surface area (TPSA) is 35.2 Å². The Morgan fingerprint density at radius 3 is 2.40 bits per heavy atom. The third-order valence-corrected chi connectivity index (χ3v) is 3.73. The van der Waals surface area contributed by atoms with Crippen molar-refractivity contribution in [1.29, 1.82) is 0 Å². The lowest BCUT2D eigenvalue weighted by molar-refractivity contribution is 0.414. The van der Waals surface area contributed by atoms with Gasteiger partial charge < -0.3 is 10.5 Å². The van der Waals surface area contributed by atoms with Crippen LogP contribution in [0.5, 0.6) is 5.75 Å². The molecule has 0 aromatic heterocycles. The van der Waals surface area contributed by atoms with Gasteiger partial charge in [-0.05, 0) is 41.8 Å². The van der Waals surface area contributed by atoms with Gasteiger partial charge in [0.2, 0.25) is 0 Å². The predicted octanol–water partition coefficient (Wildman–Crippen LogP) is 3.29. The van der Waals surface area contributed by atoms with E-state index in [0.29, 0.717) is 6.54 Å². The molecule has 1 atom stereocenters. The minimum Gasteiger partial charge on any atom is -0.497 e. The quantitative estimate of drug-likeness (QED) is 0.907. The van der Waals surface area contributed by atoms with Gasteiger partial charge in [0.05, 0.1) is 7.11 Å². The first-order chi connectivity index (χ1) is 9.57. The van der Waals surface area contributed by atoms with Gasteiger partial charge in [0.25, 0.3) is 0 Å². The lowest BCUT2D eigenvalue weighted by Crippen LogP contribution is -2.34. The Hall–Kier alpha value is -1.87. The van der Waals surface area contributed by atoms with E-state index in [1.807, 2.05) is 30.3 Å². The van der Waals surface area contributed by atoms with Gasteiger partial charge in [-0.2, -0.15) is 0 Å². The minimum absolute atomic E-state index is 0.225. The zero-order chi connectivity index (χ0) is 14.6. The standard InChI is InChI=1S/C17H20FNO/c1-17(12-19,14-4-3-5-15(18)10-14)11-13-6-8-16(20-2)9-7-13/h3-10H,11-12,19H2,1-2H3. The first-order valence-electron chi connectivity index (χ1n) is 6.66. The molecule has 2 N–H and O–H groups in total. The number of hydrogen-bond acceptors (Lipinski definition) is 2. The van der Waals surface area contributed by atoms with Crippen LogP contribution in [-0.4, -0.2) is 13.7 Å². The molecule has 0 aliphatic carbocycles. The Kier molecular flexibility index (Phi) is 4.40. The number of rotatable bonds is 5. The van der Waals surface area contributed by atoms with Crippen molar-refractivity contribution in [3.63, 3.8) is 0 Å². The summed E-state index contributed by atoms with van der Waals surface area (Å²) < 4.78 is 18.6. The molecule has 1 unspecified atom stereocenters. The SMILES string of the molecule is COc1ccc(CC(C)(CN)c2cccc(F)c2)cc1. The van der Waals surface area contributed by atoms with Crippen molar-refractivity contribution in [2.24, 2.45) is 5.73 Å². The molecule has 106 valence electrons. The maximum Gasteiger partial charge on any atom is 0.123 e. The molecular formula is C17H20FNO. The number of halogens is 1.